The van der Waals surface area contributed by atoms with Gasteiger partial charge in [-0.3, -0.25) is 0 Å². The van der Waals surface area contributed by atoms with Crippen LogP contribution in [0.5, 0.6) is 0 Å². The topological polar surface area (TPSA) is 21.8 Å². The molecule has 0 aliphatic carbocycles. The molecule has 1 aliphatic rings. The second-order valence-corrected chi connectivity index (χ2v) is 5.74. The predicted molar refractivity (Wildman–Crippen MR) is 83.0 cm³/mol. The Labute approximate surface area is 123 Å². The zero-order chi connectivity index (χ0) is 13.9. The molecule has 1 unspecified atom stereocenters. The molecule has 0 radical (unpaired) electrons. The number of benzene rings is 1. The lowest BCUT2D eigenvalue weighted by Crippen LogP contribution is -2.02. The number of hydrogen-bond donors (Lipinski definition) is 0. The Morgan fingerprint density at radius 3 is 2.25 bits per heavy atom. The Morgan fingerprint density at radius 2 is 1.55 bits per heavy atom. The van der Waals surface area contributed by atoms with Gasteiger partial charge >= 0.3 is 0 Å². The molecular weight excluding hydrogens is 248 g/mol. The monoisotopic (exact) mass is 276 g/mol. The Morgan fingerprint density at radius 1 is 0.900 bits per heavy atom. The molecule has 1 heterocycles. The lowest BCUT2D eigenvalue weighted by molar-refractivity contribution is 0.113. The maximum atomic E-state index is 5.53. The van der Waals surface area contributed by atoms with Gasteiger partial charge in [-0.05, 0) is 24.8 Å². The number of ether oxygens (including phenoxy) is 2. The van der Waals surface area contributed by atoms with Crippen LogP contribution in [-0.4, -0.2) is 25.9 Å². The number of hydrogen-bond acceptors (Lipinski definition) is 2. The Bertz CT molecular complexity index is 333. The summed E-state index contributed by atoms with van der Waals surface area (Å²) in [5.41, 5.74) is 1.48. The summed E-state index contributed by atoms with van der Waals surface area (Å²) < 4.78 is 10.6. The molecule has 0 saturated carbocycles. The standard InChI is InChI=1S/C18H28O2/c1(3-5-10-14-19-15-18-16-20-18)2-4-7-11-17-12-8-6-9-13-17/h6,8-9,12-13,18H,1-5,7,10-11,14-16H2. The van der Waals surface area contributed by atoms with E-state index in [1.54, 1.807) is 0 Å². The first-order valence-corrected chi connectivity index (χ1v) is 8.18. The number of unbranched alkanes of at least 4 members (excludes halogenated alkanes) is 6. The highest BCUT2D eigenvalue weighted by molar-refractivity contribution is 5.14. The van der Waals surface area contributed by atoms with Crippen LogP contribution in [0.2, 0.25) is 0 Å². The lowest BCUT2D eigenvalue weighted by atomic mass is 10.0. The molecule has 112 valence electrons. The SMILES string of the molecule is c1ccc(CCCCCCCCCOCC2CO2)cc1. The zero-order valence-electron chi connectivity index (χ0n) is 12.6. The average molecular weight is 276 g/mol. The lowest BCUT2D eigenvalue weighted by Gasteiger charge is -2.03. The third-order valence-corrected chi connectivity index (χ3v) is 3.80. The minimum Gasteiger partial charge on any atom is -0.379 e. The molecular formula is C18H28O2. The minimum atomic E-state index is 0.416. The smallest absolute Gasteiger partial charge is 0.104 e. The highest BCUT2D eigenvalue weighted by Gasteiger charge is 2.21. The van der Waals surface area contributed by atoms with E-state index in [-0.39, 0.29) is 0 Å². The largest absolute Gasteiger partial charge is 0.379 e. The van der Waals surface area contributed by atoms with Gasteiger partial charge in [-0.1, -0.05) is 62.4 Å². The van der Waals surface area contributed by atoms with Crippen molar-refractivity contribution in [3.63, 3.8) is 0 Å². The van der Waals surface area contributed by atoms with Crippen LogP contribution in [0.3, 0.4) is 0 Å². The summed E-state index contributed by atoms with van der Waals surface area (Å²) in [4.78, 5) is 0. The summed E-state index contributed by atoms with van der Waals surface area (Å²) in [6.45, 7) is 2.62. The molecule has 1 fully saturated rings. The van der Waals surface area contributed by atoms with E-state index in [0.717, 1.165) is 19.8 Å². The van der Waals surface area contributed by atoms with Gasteiger partial charge in [0.2, 0.25) is 0 Å². The molecule has 1 aliphatic heterocycles. The van der Waals surface area contributed by atoms with Gasteiger partial charge in [0, 0.05) is 6.61 Å². The van der Waals surface area contributed by atoms with Crippen LogP contribution in [0, 0.1) is 0 Å². The fraction of sp³-hybridized carbons (Fsp3) is 0.667. The second kappa shape index (κ2) is 9.95. The van der Waals surface area contributed by atoms with Crippen LogP contribution in [0.1, 0.15) is 50.5 Å². The van der Waals surface area contributed by atoms with E-state index in [9.17, 15) is 0 Å². The van der Waals surface area contributed by atoms with Crippen molar-refractivity contribution in [1.82, 2.24) is 0 Å². The Hall–Kier alpha value is -0.860. The fourth-order valence-corrected chi connectivity index (χ4v) is 2.44. The van der Waals surface area contributed by atoms with Gasteiger partial charge in [0.15, 0.2) is 0 Å². The molecule has 0 spiro atoms. The molecule has 2 nitrogen and oxygen atoms in total. The van der Waals surface area contributed by atoms with Crippen LogP contribution in [0.15, 0.2) is 30.3 Å². The zero-order valence-corrected chi connectivity index (χ0v) is 12.6. The first-order chi connectivity index (χ1) is 9.95. The fourth-order valence-electron chi connectivity index (χ4n) is 2.44. The molecule has 0 N–H and O–H groups in total. The van der Waals surface area contributed by atoms with E-state index in [1.807, 2.05) is 0 Å². The van der Waals surface area contributed by atoms with Gasteiger partial charge in [-0.25, -0.2) is 0 Å². The molecule has 0 bridgehead atoms. The van der Waals surface area contributed by atoms with E-state index in [0.29, 0.717) is 6.10 Å². The van der Waals surface area contributed by atoms with Crippen molar-refractivity contribution in [3.05, 3.63) is 35.9 Å². The van der Waals surface area contributed by atoms with Crippen LogP contribution in [0.4, 0.5) is 0 Å². The van der Waals surface area contributed by atoms with Gasteiger partial charge in [0.05, 0.1) is 13.2 Å². The highest BCUT2D eigenvalue weighted by atomic mass is 16.6. The van der Waals surface area contributed by atoms with Crippen LogP contribution >= 0.6 is 0 Å². The second-order valence-electron chi connectivity index (χ2n) is 5.74. The van der Waals surface area contributed by atoms with Gasteiger partial charge < -0.3 is 9.47 Å². The Balaban J connectivity index is 1.30. The summed E-state index contributed by atoms with van der Waals surface area (Å²) in [6.07, 6.45) is 11.0. The van der Waals surface area contributed by atoms with Crippen molar-refractivity contribution < 1.29 is 9.47 Å². The number of aryl methyl sites for hydroxylation is 1. The molecule has 1 atom stereocenters. The van der Waals surface area contributed by atoms with Crippen molar-refractivity contribution in [2.45, 2.75) is 57.5 Å². The van der Waals surface area contributed by atoms with Crippen LogP contribution < -0.4 is 0 Å². The molecule has 20 heavy (non-hydrogen) atoms. The van der Waals surface area contributed by atoms with E-state index >= 15 is 0 Å². The summed E-state index contributed by atoms with van der Waals surface area (Å²) in [5.74, 6) is 0. The summed E-state index contributed by atoms with van der Waals surface area (Å²) >= 11 is 0. The normalized spacial score (nSPS) is 17.3. The number of epoxide rings is 1. The molecule has 2 heteroatoms. The minimum absolute atomic E-state index is 0.416. The van der Waals surface area contributed by atoms with Crippen LogP contribution in [-0.2, 0) is 15.9 Å². The van der Waals surface area contributed by atoms with E-state index in [2.05, 4.69) is 30.3 Å². The first kappa shape index (κ1) is 15.5. The van der Waals surface area contributed by atoms with E-state index < -0.39 is 0 Å². The maximum Gasteiger partial charge on any atom is 0.104 e. The van der Waals surface area contributed by atoms with Crippen LogP contribution in [0.25, 0.3) is 0 Å². The molecule has 0 amide bonds. The summed E-state index contributed by atoms with van der Waals surface area (Å²) in [5, 5.41) is 0. The van der Waals surface area contributed by atoms with Gasteiger partial charge in [-0.15, -0.1) is 0 Å². The molecule has 1 aromatic rings. The maximum absolute atomic E-state index is 5.53. The van der Waals surface area contributed by atoms with Crippen molar-refractivity contribution in [1.29, 1.82) is 0 Å². The predicted octanol–water partition coefficient (Wildman–Crippen LogP) is 4.38. The van der Waals surface area contributed by atoms with Gasteiger partial charge in [-0.2, -0.15) is 0 Å². The van der Waals surface area contributed by atoms with Crippen molar-refractivity contribution in [2.75, 3.05) is 19.8 Å². The Kier molecular flexibility index (Phi) is 7.73. The third kappa shape index (κ3) is 7.66. The molecule has 1 aromatic carbocycles. The average Bonchev–Trinajstić information content (AvgIpc) is 3.30. The summed E-state index contributed by atoms with van der Waals surface area (Å²) in [6, 6.07) is 10.8. The van der Waals surface area contributed by atoms with Crippen molar-refractivity contribution >= 4 is 0 Å². The third-order valence-electron chi connectivity index (χ3n) is 3.80. The molecule has 0 aromatic heterocycles. The molecule has 2 rings (SSSR count). The van der Waals surface area contributed by atoms with Crippen molar-refractivity contribution in [2.24, 2.45) is 0 Å². The molecule has 1 saturated heterocycles. The van der Waals surface area contributed by atoms with Crippen molar-refractivity contribution in [3.8, 4) is 0 Å². The number of rotatable bonds is 12. The van der Waals surface area contributed by atoms with Gasteiger partial charge in [0.25, 0.3) is 0 Å². The quantitative estimate of drug-likeness (QED) is 0.417. The van der Waals surface area contributed by atoms with E-state index in [4.69, 9.17) is 9.47 Å². The highest BCUT2D eigenvalue weighted by Crippen LogP contribution is 2.11. The summed E-state index contributed by atoms with van der Waals surface area (Å²) in [7, 11) is 0. The van der Waals surface area contributed by atoms with Gasteiger partial charge in [0.1, 0.15) is 6.10 Å². The first-order valence-electron chi connectivity index (χ1n) is 8.18. The van der Waals surface area contributed by atoms with E-state index in [1.165, 1.54) is 56.9 Å².